The molecule has 0 aromatic heterocycles. The second kappa shape index (κ2) is 6.67. The molecule has 0 heterocycles. The summed E-state index contributed by atoms with van der Waals surface area (Å²) in [5.41, 5.74) is -0.255. The van der Waals surface area contributed by atoms with Crippen molar-refractivity contribution < 1.29 is 14.7 Å². The summed E-state index contributed by atoms with van der Waals surface area (Å²) in [5, 5.41) is 12.9. The van der Waals surface area contributed by atoms with Gasteiger partial charge in [-0.15, -0.1) is 0 Å². The molecule has 0 aliphatic heterocycles. The van der Waals surface area contributed by atoms with Crippen molar-refractivity contribution in [3.8, 4) is 0 Å². The monoisotopic (exact) mass is 329 g/mol. The standard InChI is InChI=1S/C15H17Cl2NO3/c16-11-4-3-5-12(17)10(11)8-13(19)18-9-15(14(20)21)6-1-2-7-15/h3-5H,1-2,6-9H2,(H,18,19)(H,20,21). The molecule has 6 heteroatoms. The quantitative estimate of drug-likeness (QED) is 0.870. The Morgan fingerprint density at radius 3 is 2.29 bits per heavy atom. The van der Waals surface area contributed by atoms with Crippen molar-refractivity contribution >= 4 is 35.1 Å². The lowest BCUT2D eigenvalue weighted by Crippen LogP contribution is -2.41. The number of amides is 1. The van der Waals surface area contributed by atoms with Gasteiger partial charge >= 0.3 is 5.97 Å². The molecule has 1 aliphatic rings. The summed E-state index contributed by atoms with van der Waals surface area (Å²) in [6.45, 7) is 0.156. The van der Waals surface area contributed by atoms with Gasteiger partial charge in [0.1, 0.15) is 0 Å². The number of aliphatic carboxylic acids is 1. The molecule has 0 bridgehead atoms. The predicted molar refractivity (Wildman–Crippen MR) is 81.7 cm³/mol. The van der Waals surface area contributed by atoms with Gasteiger partial charge in [-0.2, -0.15) is 0 Å². The third-order valence-corrected chi connectivity index (χ3v) is 4.75. The maximum Gasteiger partial charge on any atom is 0.311 e. The molecule has 1 amide bonds. The van der Waals surface area contributed by atoms with Crippen LogP contribution < -0.4 is 5.32 Å². The Morgan fingerprint density at radius 2 is 1.76 bits per heavy atom. The van der Waals surface area contributed by atoms with E-state index in [1.54, 1.807) is 18.2 Å². The first-order chi connectivity index (χ1) is 9.94. The van der Waals surface area contributed by atoms with E-state index >= 15 is 0 Å². The van der Waals surface area contributed by atoms with Crippen molar-refractivity contribution in [2.24, 2.45) is 5.41 Å². The SMILES string of the molecule is O=C(Cc1c(Cl)cccc1Cl)NCC1(C(=O)O)CCCC1. The van der Waals surface area contributed by atoms with Crippen LogP contribution in [0.5, 0.6) is 0 Å². The second-order valence-corrected chi connectivity index (χ2v) is 6.26. The Labute approximate surface area is 133 Å². The first-order valence-corrected chi connectivity index (χ1v) is 7.63. The lowest BCUT2D eigenvalue weighted by atomic mass is 9.86. The van der Waals surface area contributed by atoms with E-state index in [9.17, 15) is 14.7 Å². The van der Waals surface area contributed by atoms with Gasteiger partial charge in [0.05, 0.1) is 11.8 Å². The highest BCUT2D eigenvalue weighted by molar-refractivity contribution is 6.36. The van der Waals surface area contributed by atoms with Crippen molar-refractivity contribution in [1.82, 2.24) is 5.32 Å². The molecule has 4 nitrogen and oxygen atoms in total. The van der Waals surface area contributed by atoms with Crippen molar-refractivity contribution in [3.63, 3.8) is 0 Å². The highest BCUT2D eigenvalue weighted by atomic mass is 35.5. The third-order valence-electron chi connectivity index (χ3n) is 4.04. The first kappa shape index (κ1) is 16.1. The van der Waals surface area contributed by atoms with Gasteiger partial charge in [-0.25, -0.2) is 0 Å². The zero-order valence-electron chi connectivity index (χ0n) is 11.5. The Bertz CT molecular complexity index is 534. The van der Waals surface area contributed by atoms with Crippen LogP contribution in [0.15, 0.2) is 18.2 Å². The molecule has 114 valence electrons. The van der Waals surface area contributed by atoms with E-state index in [1.807, 2.05) is 0 Å². The fraction of sp³-hybridized carbons (Fsp3) is 0.467. The third kappa shape index (κ3) is 3.69. The summed E-state index contributed by atoms with van der Waals surface area (Å²) in [7, 11) is 0. The average Bonchev–Trinajstić information content (AvgIpc) is 2.91. The van der Waals surface area contributed by atoms with E-state index in [0.29, 0.717) is 28.5 Å². The molecule has 0 radical (unpaired) electrons. The van der Waals surface area contributed by atoms with E-state index in [4.69, 9.17) is 23.2 Å². The lowest BCUT2D eigenvalue weighted by molar-refractivity contribution is -0.148. The van der Waals surface area contributed by atoms with Gasteiger partial charge in [-0.1, -0.05) is 42.1 Å². The molecule has 0 unspecified atom stereocenters. The molecule has 0 atom stereocenters. The van der Waals surface area contributed by atoms with E-state index in [2.05, 4.69) is 5.32 Å². The zero-order valence-corrected chi connectivity index (χ0v) is 13.0. The van der Waals surface area contributed by atoms with Crippen LogP contribution in [-0.4, -0.2) is 23.5 Å². The highest BCUT2D eigenvalue weighted by Crippen LogP contribution is 2.37. The number of carbonyl (C=O) groups is 2. The van der Waals surface area contributed by atoms with Gasteiger partial charge in [0.2, 0.25) is 5.91 Å². The lowest BCUT2D eigenvalue weighted by Gasteiger charge is -2.24. The van der Waals surface area contributed by atoms with Crippen LogP contribution >= 0.6 is 23.2 Å². The molecular formula is C15H17Cl2NO3. The number of hydrogen-bond acceptors (Lipinski definition) is 2. The van der Waals surface area contributed by atoms with Crippen molar-refractivity contribution in [1.29, 1.82) is 0 Å². The van der Waals surface area contributed by atoms with Crippen LogP contribution in [0.1, 0.15) is 31.2 Å². The van der Waals surface area contributed by atoms with E-state index in [-0.39, 0.29) is 18.9 Å². The summed E-state index contributed by atoms with van der Waals surface area (Å²) in [6.07, 6.45) is 3.04. The topological polar surface area (TPSA) is 66.4 Å². The molecule has 0 saturated heterocycles. The molecule has 1 aliphatic carbocycles. The Hall–Kier alpha value is -1.26. The fourth-order valence-electron chi connectivity index (χ4n) is 2.71. The largest absolute Gasteiger partial charge is 0.481 e. The molecule has 21 heavy (non-hydrogen) atoms. The van der Waals surface area contributed by atoms with Crippen molar-refractivity contribution in [2.75, 3.05) is 6.54 Å². The maximum absolute atomic E-state index is 12.0. The number of benzene rings is 1. The summed E-state index contributed by atoms with van der Waals surface area (Å²) in [5.74, 6) is -1.10. The minimum atomic E-state index is -0.837. The normalized spacial score (nSPS) is 16.7. The number of carbonyl (C=O) groups excluding carboxylic acids is 1. The van der Waals surface area contributed by atoms with Gasteiger partial charge in [0.25, 0.3) is 0 Å². The minimum Gasteiger partial charge on any atom is -0.481 e. The minimum absolute atomic E-state index is 0.0498. The van der Waals surface area contributed by atoms with Crippen LogP contribution in [0.3, 0.4) is 0 Å². The number of nitrogens with one attached hydrogen (secondary N) is 1. The second-order valence-electron chi connectivity index (χ2n) is 5.45. The number of carboxylic acid groups (broad SMARTS) is 1. The van der Waals surface area contributed by atoms with E-state index in [1.165, 1.54) is 0 Å². The summed E-state index contributed by atoms with van der Waals surface area (Å²) in [6, 6.07) is 5.06. The molecular weight excluding hydrogens is 313 g/mol. The molecule has 1 saturated carbocycles. The molecule has 1 fully saturated rings. The van der Waals surface area contributed by atoms with Crippen molar-refractivity contribution in [3.05, 3.63) is 33.8 Å². The number of hydrogen-bond donors (Lipinski definition) is 2. The Kier molecular flexibility index (Phi) is 5.12. The van der Waals surface area contributed by atoms with Gasteiger partial charge in [-0.05, 0) is 30.5 Å². The summed E-state index contributed by atoms with van der Waals surface area (Å²) in [4.78, 5) is 23.4. The van der Waals surface area contributed by atoms with Crippen molar-refractivity contribution in [2.45, 2.75) is 32.1 Å². The highest BCUT2D eigenvalue weighted by Gasteiger charge is 2.41. The first-order valence-electron chi connectivity index (χ1n) is 6.88. The van der Waals surface area contributed by atoms with Crippen LogP contribution in [-0.2, 0) is 16.0 Å². The van der Waals surface area contributed by atoms with Gasteiger partial charge in [-0.3, -0.25) is 9.59 Å². The number of halogens is 2. The molecule has 0 spiro atoms. The van der Waals surface area contributed by atoms with Crippen LogP contribution in [0.25, 0.3) is 0 Å². The van der Waals surface area contributed by atoms with Gasteiger partial charge < -0.3 is 10.4 Å². The van der Waals surface area contributed by atoms with Crippen LogP contribution in [0, 0.1) is 5.41 Å². The summed E-state index contributed by atoms with van der Waals surface area (Å²) < 4.78 is 0. The predicted octanol–water partition coefficient (Wildman–Crippen LogP) is 3.30. The van der Waals surface area contributed by atoms with Gasteiger partial charge in [0, 0.05) is 16.6 Å². The van der Waals surface area contributed by atoms with Crippen LogP contribution in [0.4, 0.5) is 0 Å². The average molecular weight is 330 g/mol. The molecule has 1 aromatic carbocycles. The Morgan fingerprint density at radius 1 is 1.19 bits per heavy atom. The summed E-state index contributed by atoms with van der Waals surface area (Å²) >= 11 is 12.0. The molecule has 2 N–H and O–H groups in total. The molecule has 1 aromatic rings. The zero-order chi connectivity index (χ0) is 15.5. The Balaban J connectivity index is 1.98. The van der Waals surface area contributed by atoms with Crippen LogP contribution in [0.2, 0.25) is 10.0 Å². The maximum atomic E-state index is 12.0. The fourth-order valence-corrected chi connectivity index (χ4v) is 3.24. The number of carboxylic acids is 1. The number of rotatable bonds is 5. The van der Waals surface area contributed by atoms with E-state index in [0.717, 1.165) is 12.8 Å². The van der Waals surface area contributed by atoms with E-state index < -0.39 is 11.4 Å². The van der Waals surface area contributed by atoms with Gasteiger partial charge in [0.15, 0.2) is 0 Å². The molecule has 2 rings (SSSR count). The smallest absolute Gasteiger partial charge is 0.311 e.